The standard InChI is InChI=1S/C15H12FN7O2/c16-10-7-21-14(22-15(10)24)11(17)3-13(12-1-2-25-23-12)20-6-9-4-18-8-19-5-9/h1-5,7-8H,6,17H2,(H,21,22,24). The molecule has 3 aromatic heterocycles. The Balaban J connectivity index is 1.94. The zero-order valence-electron chi connectivity index (χ0n) is 12.8. The van der Waals surface area contributed by atoms with Gasteiger partial charge in [-0.1, -0.05) is 5.16 Å². The Kier molecular flexibility index (Phi) is 4.69. The van der Waals surface area contributed by atoms with Crippen molar-refractivity contribution in [1.29, 1.82) is 0 Å². The summed E-state index contributed by atoms with van der Waals surface area (Å²) in [5.74, 6) is -0.975. The number of hydrogen-bond donors (Lipinski definition) is 2. The highest BCUT2D eigenvalue weighted by Crippen LogP contribution is 2.08. The number of halogens is 1. The average molecular weight is 341 g/mol. The number of aromatic nitrogens is 5. The Morgan fingerprint density at radius 3 is 2.84 bits per heavy atom. The van der Waals surface area contributed by atoms with Gasteiger partial charge in [0.25, 0.3) is 5.56 Å². The first-order valence-corrected chi connectivity index (χ1v) is 7.05. The van der Waals surface area contributed by atoms with Crippen molar-refractivity contribution in [2.45, 2.75) is 6.54 Å². The second kappa shape index (κ2) is 7.25. The van der Waals surface area contributed by atoms with E-state index in [4.69, 9.17) is 10.3 Å². The van der Waals surface area contributed by atoms with Gasteiger partial charge in [-0.15, -0.1) is 0 Å². The van der Waals surface area contributed by atoms with Gasteiger partial charge in [0.05, 0.1) is 24.2 Å². The molecular formula is C15H12FN7O2. The molecule has 0 unspecified atom stereocenters. The van der Waals surface area contributed by atoms with Gasteiger partial charge in [0.1, 0.15) is 18.3 Å². The SMILES string of the molecule is NC(=CC(=NCc1cncnc1)c1ccon1)c1ncc(F)c(=O)[nH]1. The molecule has 126 valence electrons. The molecule has 0 radical (unpaired) electrons. The van der Waals surface area contributed by atoms with Gasteiger partial charge in [-0.05, 0) is 6.08 Å². The molecule has 0 aromatic carbocycles. The third-order valence-corrected chi connectivity index (χ3v) is 3.07. The number of nitrogens with zero attached hydrogens (tertiary/aromatic N) is 5. The molecule has 10 heteroatoms. The van der Waals surface area contributed by atoms with E-state index in [1.165, 1.54) is 18.7 Å². The Morgan fingerprint density at radius 1 is 1.36 bits per heavy atom. The van der Waals surface area contributed by atoms with E-state index in [0.29, 0.717) is 11.4 Å². The van der Waals surface area contributed by atoms with Crippen LogP contribution in [-0.2, 0) is 6.54 Å². The first-order valence-electron chi connectivity index (χ1n) is 7.05. The summed E-state index contributed by atoms with van der Waals surface area (Å²) < 4.78 is 17.9. The molecule has 0 aliphatic rings. The zero-order chi connectivity index (χ0) is 17.6. The monoisotopic (exact) mass is 341 g/mol. The lowest BCUT2D eigenvalue weighted by Gasteiger charge is -2.03. The molecule has 3 N–H and O–H groups in total. The van der Waals surface area contributed by atoms with E-state index >= 15 is 0 Å². The highest BCUT2D eigenvalue weighted by atomic mass is 19.1. The smallest absolute Gasteiger partial charge is 0.287 e. The van der Waals surface area contributed by atoms with E-state index in [1.807, 2.05) is 0 Å². The van der Waals surface area contributed by atoms with Crippen molar-refractivity contribution in [3.63, 3.8) is 0 Å². The van der Waals surface area contributed by atoms with Crippen LogP contribution >= 0.6 is 0 Å². The van der Waals surface area contributed by atoms with Gasteiger partial charge in [0.2, 0.25) is 5.82 Å². The van der Waals surface area contributed by atoms with Crippen LogP contribution in [-0.4, -0.2) is 30.8 Å². The van der Waals surface area contributed by atoms with Crippen LogP contribution in [0.5, 0.6) is 0 Å². The van der Waals surface area contributed by atoms with Crippen LogP contribution in [0.2, 0.25) is 0 Å². The predicted octanol–water partition coefficient (Wildman–Crippen LogP) is 0.676. The van der Waals surface area contributed by atoms with E-state index in [1.54, 1.807) is 18.5 Å². The molecule has 0 aliphatic carbocycles. The third-order valence-electron chi connectivity index (χ3n) is 3.07. The van der Waals surface area contributed by atoms with Gasteiger partial charge in [-0.3, -0.25) is 9.79 Å². The summed E-state index contributed by atoms with van der Waals surface area (Å²) in [6, 6.07) is 1.60. The van der Waals surface area contributed by atoms with Crippen molar-refractivity contribution in [3.05, 3.63) is 76.6 Å². The Hall–Kier alpha value is -3.69. The van der Waals surface area contributed by atoms with Gasteiger partial charge in [0, 0.05) is 24.0 Å². The normalized spacial score (nSPS) is 12.4. The highest BCUT2D eigenvalue weighted by molar-refractivity contribution is 6.10. The van der Waals surface area contributed by atoms with Crippen LogP contribution in [0.3, 0.4) is 0 Å². The molecule has 3 aromatic rings. The van der Waals surface area contributed by atoms with Crippen LogP contribution in [0.25, 0.3) is 5.70 Å². The second-order valence-corrected chi connectivity index (χ2v) is 4.84. The lowest BCUT2D eigenvalue weighted by atomic mass is 10.2. The molecule has 0 saturated carbocycles. The van der Waals surface area contributed by atoms with E-state index in [2.05, 4.69) is 30.1 Å². The number of nitrogens with two attached hydrogens (primary N) is 1. The fourth-order valence-electron chi connectivity index (χ4n) is 1.88. The summed E-state index contributed by atoms with van der Waals surface area (Å²) >= 11 is 0. The maximum Gasteiger partial charge on any atom is 0.287 e. The van der Waals surface area contributed by atoms with Crippen molar-refractivity contribution in [3.8, 4) is 0 Å². The molecule has 0 fully saturated rings. The third kappa shape index (κ3) is 3.99. The number of H-pyrrole nitrogens is 1. The highest BCUT2D eigenvalue weighted by Gasteiger charge is 2.09. The van der Waals surface area contributed by atoms with Gasteiger partial charge < -0.3 is 15.2 Å². The maximum absolute atomic E-state index is 13.0. The van der Waals surface area contributed by atoms with Crippen LogP contribution in [0, 0.1) is 5.82 Å². The van der Waals surface area contributed by atoms with E-state index in [9.17, 15) is 9.18 Å². The maximum atomic E-state index is 13.0. The average Bonchev–Trinajstić information content (AvgIpc) is 3.16. The molecular weight excluding hydrogens is 329 g/mol. The second-order valence-electron chi connectivity index (χ2n) is 4.84. The molecule has 3 rings (SSSR count). The molecule has 25 heavy (non-hydrogen) atoms. The van der Waals surface area contributed by atoms with Crippen molar-refractivity contribution in [1.82, 2.24) is 25.1 Å². The summed E-state index contributed by atoms with van der Waals surface area (Å²) in [4.78, 5) is 29.6. The first kappa shape index (κ1) is 16.2. The van der Waals surface area contributed by atoms with Gasteiger partial charge in [0.15, 0.2) is 5.82 Å². The van der Waals surface area contributed by atoms with Crippen molar-refractivity contribution in [2.75, 3.05) is 0 Å². The first-order chi connectivity index (χ1) is 12.1. The van der Waals surface area contributed by atoms with Gasteiger partial charge in [-0.2, -0.15) is 4.39 Å². The summed E-state index contributed by atoms with van der Waals surface area (Å²) in [5.41, 5.74) is 6.71. The minimum absolute atomic E-state index is 0.0191. The van der Waals surface area contributed by atoms with E-state index in [-0.39, 0.29) is 18.1 Å². The minimum atomic E-state index is -0.994. The quantitative estimate of drug-likeness (QED) is 0.651. The molecule has 0 bridgehead atoms. The topological polar surface area (TPSA) is 136 Å². The van der Waals surface area contributed by atoms with Crippen LogP contribution in [0.1, 0.15) is 17.1 Å². The lowest BCUT2D eigenvalue weighted by Crippen LogP contribution is -2.17. The number of rotatable bonds is 5. The van der Waals surface area contributed by atoms with Crippen molar-refractivity contribution >= 4 is 11.4 Å². The zero-order valence-corrected chi connectivity index (χ0v) is 12.8. The van der Waals surface area contributed by atoms with E-state index in [0.717, 1.165) is 11.8 Å². The Morgan fingerprint density at radius 2 is 2.16 bits per heavy atom. The van der Waals surface area contributed by atoms with E-state index < -0.39 is 11.4 Å². The predicted molar refractivity (Wildman–Crippen MR) is 85.8 cm³/mol. The largest absolute Gasteiger partial charge is 0.396 e. The van der Waals surface area contributed by atoms with Gasteiger partial charge >= 0.3 is 0 Å². The summed E-state index contributed by atoms with van der Waals surface area (Å²) in [6.45, 7) is 0.278. The summed E-state index contributed by atoms with van der Waals surface area (Å²) in [5, 5.41) is 3.82. The molecule has 0 aliphatic heterocycles. The molecule has 3 heterocycles. The summed E-state index contributed by atoms with van der Waals surface area (Å²) in [6.07, 6.45) is 8.31. The van der Waals surface area contributed by atoms with Crippen LogP contribution in [0.15, 0.2) is 57.6 Å². The molecule has 0 atom stereocenters. The number of allylic oxidation sites excluding steroid dienone is 1. The molecule has 0 saturated heterocycles. The minimum Gasteiger partial charge on any atom is -0.396 e. The lowest BCUT2D eigenvalue weighted by molar-refractivity contribution is 0.418. The fourth-order valence-corrected chi connectivity index (χ4v) is 1.88. The Bertz CT molecular complexity index is 965. The number of hydrogen-bond acceptors (Lipinski definition) is 8. The summed E-state index contributed by atoms with van der Waals surface area (Å²) in [7, 11) is 0. The number of aliphatic imine (C=N–C) groups is 1. The Labute approximate surface area is 140 Å². The van der Waals surface area contributed by atoms with Gasteiger partial charge in [-0.25, -0.2) is 15.0 Å². The van der Waals surface area contributed by atoms with Crippen LogP contribution < -0.4 is 11.3 Å². The molecule has 9 nitrogen and oxygen atoms in total. The van der Waals surface area contributed by atoms with Crippen molar-refractivity contribution < 1.29 is 8.91 Å². The molecule has 0 spiro atoms. The van der Waals surface area contributed by atoms with Crippen LogP contribution in [0.4, 0.5) is 4.39 Å². The van der Waals surface area contributed by atoms with Crippen molar-refractivity contribution in [2.24, 2.45) is 10.7 Å². The fraction of sp³-hybridized carbons (Fsp3) is 0.0667. The number of aromatic amines is 1. The molecule has 0 amide bonds. The number of nitrogens with one attached hydrogen (secondary N) is 1.